The van der Waals surface area contributed by atoms with Crippen molar-refractivity contribution in [2.75, 3.05) is 23.4 Å². The Balaban J connectivity index is 1.88. The molecule has 3 N–H and O–H groups in total. The molecule has 1 aliphatic rings. The molecule has 0 radical (unpaired) electrons. The lowest BCUT2D eigenvalue weighted by atomic mass is 10.4. The lowest BCUT2D eigenvalue weighted by Crippen LogP contribution is -2.22. The molecular weight excluding hydrogens is 352 g/mol. The Labute approximate surface area is 135 Å². The highest BCUT2D eigenvalue weighted by atomic mass is 79.9. The van der Waals surface area contributed by atoms with Gasteiger partial charge in [0.15, 0.2) is 5.16 Å². The molecule has 0 unspecified atom stereocenters. The van der Waals surface area contributed by atoms with Crippen molar-refractivity contribution in [2.24, 2.45) is 5.84 Å². The molecule has 110 valence electrons. The maximum absolute atomic E-state index is 5.47. The van der Waals surface area contributed by atoms with E-state index in [-0.39, 0.29) is 0 Å². The molecule has 0 bridgehead atoms. The number of hydrazine groups is 1. The molecule has 0 amide bonds. The summed E-state index contributed by atoms with van der Waals surface area (Å²) < 4.78 is 1.03. The summed E-state index contributed by atoms with van der Waals surface area (Å²) in [4.78, 5) is 16.4. The molecule has 0 atom stereocenters. The van der Waals surface area contributed by atoms with Crippen molar-refractivity contribution in [1.82, 2.24) is 15.0 Å². The monoisotopic (exact) mass is 366 g/mol. The summed E-state index contributed by atoms with van der Waals surface area (Å²) in [6.45, 7) is 1.96. The number of aromatic nitrogens is 3. The maximum atomic E-state index is 5.47. The number of nitrogens with one attached hydrogen (secondary N) is 1. The second kappa shape index (κ2) is 6.59. The van der Waals surface area contributed by atoms with Gasteiger partial charge in [0.25, 0.3) is 0 Å². The van der Waals surface area contributed by atoms with Crippen molar-refractivity contribution in [2.45, 2.75) is 22.9 Å². The van der Waals surface area contributed by atoms with Crippen LogP contribution in [-0.2, 0) is 0 Å². The summed E-state index contributed by atoms with van der Waals surface area (Å²) in [5.41, 5.74) is 2.52. The standard InChI is InChI=1S/C13H15BrN6S/c14-9-4-3-5-10(8-9)21-13-17-11(19-15)16-12(18-13)20-6-1-2-7-20/h3-5,8H,1-2,6-7,15H2,(H,16,17,18,19). The predicted octanol–water partition coefficient (Wildman–Crippen LogP) is 2.67. The number of halogens is 1. The Bertz CT molecular complexity index is 632. The van der Waals surface area contributed by atoms with E-state index in [0.29, 0.717) is 17.1 Å². The van der Waals surface area contributed by atoms with Crippen LogP contribution in [0.3, 0.4) is 0 Å². The SMILES string of the molecule is NNc1nc(Sc2cccc(Br)c2)nc(N2CCCC2)n1. The van der Waals surface area contributed by atoms with Crippen LogP contribution in [0.1, 0.15) is 12.8 Å². The third-order valence-electron chi connectivity index (χ3n) is 3.13. The van der Waals surface area contributed by atoms with E-state index in [0.717, 1.165) is 22.5 Å². The number of benzene rings is 1. The zero-order valence-corrected chi connectivity index (χ0v) is 13.7. The van der Waals surface area contributed by atoms with Crippen LogP contribution in [0.4, 0.5) is 11.9 Å². The summed E-state index contributed by atoms with van der Waals surface area (Å²) in [5, 5.41) is 0.637. The average molecular weight is 367 g/mol. The lowest BCUT2D eigenvalue weighted by molar-refractivity contribution is 0.827. The first-order valence-corrected chi connectivity index (χ1v) is 8.26. The molecule has 21 heavy (non-hydrogen) atoms. The van der Waals surface area contributed by atoms with Crippen LogP contribution >= 0.6 is 27.7 Å². The van der Waals surface area contributed by atoms with Crippen LogP contribution in [0, 0.1) is 0 Å². The Morgan fingerprint density at radius 2 is 2.00 bits per heavy atom. The normalized spacial score (nSPS) is 14.5. The van der Waals surface area contributed by atoms with Crippen molar-refractivity contribution >= 4 is 39.6 Å². The number of nitrogens with two attached hydrogens (primary N) is 1. The van der Waals surface area contributed by atoms with Crippen LogP contribution in [-0.4, -0.2) is 28.0 Å². The molecule has 1 fully saturated rings. The van der Waals surface area contributed by atoms with E-state index in [2.05, 4.69) is 41.2 Å². The van der Waals surface area contributed by atoms with Crippen molar-refractivity contribution in [3.05, 3.63) is 28.7 Å². The molecule has 2 aromatic rings. The molecule has 8 heteroatoms. The second-order valence-electron chi connectivity index (χ2n) is 4.64. The summed E-state index contributed by atoms with van der Waals surface area (Å²) in [6.07, 6.45) is 2.34. The largest absolute Gasteiger partial charge is 0.341 e. The van der Waals surface area contributed by atoms with Crippen molar-refractivity contribution in [3.63, 3.8) is 0 Å². The highest BCUT2D eigenvalue weighted by Crippen LogP contribution is 2.29. The Morgan fingerprint density at radius 1 is 1.19 bits per heavy atom. The predicted molar refractivity (Wildman–Crippen MR) is 87.3 cm³/mol. The van der Waals surface area contributed by atoms with Gasteiger partial charge >= 0.3 is 0 Å². The van der Waals surface area contributed by atoms with Gasteiger partial charge in [-0.15, -0.1) is 0 Å². The molecule has 2 heterocycles. The first-order valence-electron chi connectivity index (χ1n) is 6.65. The van der Waals surface area contributed by atoms with E-state index in [1.165, 1.54) is 24.6 Å². The van der Waals surface area contributed by atoms with Crippen molar-refractivity contribution < 1.29 is 0 Å². The minimum absolute atomic E-state index is 0.393. The quantitative estimate of drug-likeness (QED) is 0.635. The number of hydrogen-bond acceptors (Lipinski definition) is 7. The van der Waals surface area contributed by atoms with Gasteiger partial charge in [0, 0.05) is 22.5 Å². The number of nitrogens with zero attached hydrogens (tertiary/aromatic N) is 4. The lowest BCUT2D eigenvalue weighted by Gasteiger charge is -2.16. The first-order chi connectivity index (χ1) is 10.2. The molecule has 6 nitrogen and oxygen atoms in total. The van der Waals surface area contributed by atoms with Gasteiger partial charge in [0.05, 0.1) is 0 Å². The molecule has 0 spiro atoms. The number of anilines is 2. The fourth-order valence-electron chi connectivity index (χ4n) is 2.15. The average Bonchev–Trinajstić information content (AvgIpc) is 3.01. The fraction of sp³-hybridized carbons (Fsp3) is 0.308. The van der Waals surface area contributed by atoms with Gasteiger partial charge in [-0.2, -0.15) is 15.0 Å². The van der Waals surface area contributed by atoms with E-state index in [1.54, 1.807) is 0 Å². The Kier molecular flexibility index (Phi) is 4.57. The van der Waals surface area contributed by atoms with Crippen molar-refractivity contribution in [1.29, 1.82) is 0 Å². The fourth-order valence-corrected chi connectivity index (χ4v) is 3.50. The summed E-state index contributed by atoms with van der Waals surface area (Å²) in [7, 11) is 0. The van der Waals surface area contributed by atoms with Crippen LogP contribution in [0.25, 0.3) is 0 Å². The van der Waals surface area contributed by atoms with E-state index < -0.39 is 0 Å². The molecule has 1 saturated heterocycles. The minimum Gasteiger partial charge on any atom is -0.341 e. The number of hydrogen-bond donors (Lipinski definition) is 2. The van der Waals surface area contributed by atoms with Gasteiger partial charge in [-0.05, 0) is 42.8 Å². The van der Waals surface area contributed by atoms with Gasteiger partial charge < -0.3 is 4.90 Å². The van der Waals surface area contributed by atoms with Crippen LogP contribution in [0.2, 0.25) is 0 Å². The van der Waals surface area contributed by atoms with E-state index in [9.17, 15) is 0 Å². The summed E-state index contributed by atoms with van der Waals surface area (Å²) in [5.74, 6) is 6.55. The summed E-state index contributed by atoms with van der Waals surface area (Å²) >= 11 is 4.95. The van der Waals surface area contributed by atoms with Gasteiger partial charge in [-0.25, -0.2) is 5.84 Å². The maximum Gasteiger partial charge on any atom is 0.242 e. The van der Waals surface area contributed by atoms with Gasteiger partial charge in [0.1, 0.15) is 0 Å². The number of rotatable bonds is 4. The highest BCUT2D eigenvalue weighted by molar-refractivity contribution is 9.10. The topological polar surface area (TPSA) is 80.0 Å². The first kappa shape index (κ1) is 14.6. The molecule has 1 aromatic heterocycles. The summed E-state index contributed by atoms with van der Waals surface area (Å²) in [6, 6.07) is 8.01. The van der Waals surface area contributed by atoms with E-state index in [4.69, 9.17) is 5.84 Å². The van der Waals surface area contributed by atoms with Crippen LogP contribution in [0.15, 0.2) is 38.8 Å². The molecule has 1 aromatic carbocycles. The molecular formula is C13H15BrN6S. The molecule has 0 aliphatic carbocycles. The van der Waals surface area contributed by atoms with Gasteiger partial charge in [-0.1, -0.05) is 22.0 Å². The van der Waals surface area contributed by atoms with Crippen LogP contribution in [0.5, 0.6) is 0 Å². The third-order valence-corrected chi connectivity index (χ3v) is 4.47. The van der Waals surface area contributed by atoms with E-state index in [1.807, 2.05) is 24.3 Å². The zero-order valence-electron chi connectivity index (χ0n) is 11.3. The molecule has 0 saturated carbocycles. The smallest absolute Gasteiger partial charge is 0.242 e. The molecule has 3 rings (SSSR count). The second-order valence-corrected chi connectivity index (χ2v) is 6.60. The van der Waals surface area contributed by atoms with Crippen molar-refractivity contribution in [3.8, 4) is 0 Å². The highest BCUT2D eigenvalue weighted by Gasteiger charge is 2.17. The van der Waals surface area contributed by atoms with Gasteiger partial charge in [-0.3, -0.25) is 5.43 Å². The van der Waals surface area contributed by atoms with Gasteiger partial charge in [0.2, 0.25) is 11.9 Å². The molecule has 1 aliphatic heterocycles. The number of nitrogen functional groups attached to an aromatic ring is 1. The van der Waals surface area contributed by atoms with E-state index >= 15 is 0 Å². The zero-order chi connectivity index (χ0) is 14.7. The minimum atomic E-state index is 0.393. The third kappa shape index (κ3) is 3.63. The Hall–Kier alpha value is -1.38. The Morgan fingerprint density at radius 3 is 2.71 bits per heavy atom. The van der Waals surface area contributed by atoms with Crippen LogP contribution < -0.4 is 16.2 Å².